The smallest absolute Gasteiger partial charge is 0.330 e. The SMILES string of the molecule is CCOC(=O)/C=C/C1(O)CC2C=CC1O2. The Bertz CT molecular complexity index is 321. The van der Waals surface area contributed by atoms with Crippen molar-refractivity contribution in [2.75, 3.05) is 6.61 Å². The molecule has 2 aliphatic rings. The molecule has 0 aromatic rings. The van der Waals surface area contributed by atoms with Gasteiger partial charge in [0.15, 0.2) is 0 Å². The highest BCUT2D eigenvalue weighted by Gasteiger charge is 2.46. The van der Waals surface area contributed by atoms with E-state index in [1.54, 1.807) is 6.92 Å². The minimum absolute atomic E-state index is 0.0214. The van der Waals surface area contributed by atoms with Crippen LogP contribution in [0.2, 0.25) is 0 Å². The van der Waals surface area contributed by atoms with E-state index in [1.165, 1.54) is 12.2 Å². The van der Waals surface area contributed by atoms with Gasteiger partial charge in [0.2, 0.25) is 0 Å². The predicted octanol–water partition coefficient (Wildman–Crippen LogP) is 0.564. The van der Waals surface area contributed by atoms with Gasteiger partial charge < -0.3 is 14.6 Å². The van der Waals surface area contributed by atoms with Crippen LogP contribution < -0.4 is 0 Å². The van der Waals surface area contributed by atoms with Crippen LogP contribution in [0, 0.1) is 0 Å². The second-order valence-corrected chi connectivity index (χ2v) is 3.76. The molecule has 4 nitrogen and oxygen atoms in total. The average Bonchev–Trinajstić information content (AvgIpc) is 2.75. The second-order valence-electron chi connectivity index (χ2n) is 3.76. The van der Waals surface area contributed by atoms with Gasteiger partial charge in [0.05, 0.1) is 12.7 Å². The number of hydrogen-bond acceptors (Lipinski definition) is 4. The first kappa shape index (κ1) is 10.4. The Balaban J connectivity index is 2.00. The number of carbonyl (C=O) groups is 1. The summed E-state index contributed by atoms with van der Waals surface area (Å²) in [5.41, 5.74) is -1.05. The van der Waals surface area contributed by atoms with E-state index in [9.17, 15) is 9.90 Å². The summed E-state index contributed by atoms with van der Waals surface area (Å²) in [6.45, 7) is 2.08. The molecule has 3 unspecified atom stereocenters. The Kier molecular flexibility index (Phi) is 2.63. The standard InChI is InChI=1S/C11H14O4/c1-2-14-10(12)5-6-11(13)7-8-3-4-9(11)15-8/h3-6,8-9,13H,2,7H2,1H3/b6-5+. The van der Waals surface area contributed by atoms with Crippen LogP contribution in [0.5, 0.6) is 0 Å². The first-order valence-electron chi connectivity index (χ1n) is 5.06. The summed E-state index contributed by atoms with van der Waals surface area (Å²) in [6, 6.07) is 0. The minimum atomic E-state index is -1.05. The molecule has 2 bridgehead atoms. The quantitative estimate of drug-likeness (QED) is 0.420. The normalized spacial score (nSPS) is 37.7. The zero-order valence-corrected chi connectivity index (χ0v) is 8.55. The van der Waals surface area contributed by atoms with E-state index >= 15 is 0 Å². The maximum Gasteiger partial charge on any atom is 0.330 e. The number of hydrogen-bond donors (Lipinski definition) is 1. The molecular formula is C11H14O4. The fourth-order valence-electron chi connectivity index (χ4n) is 1.91. The van der Waals surface area contributed by atoms with Crippen LogP contribution in [0.25, 0.3) is 0 Å². The number of fused-ring (bicyclic) bond motifs is 2. The summed E-state index contributed by atoms with van der Waals surface area (Å²) >= 11 is 0. The van der Waals surface area contributed by atoms with Crippen molar-refractivity contribution in [2.45, 2.75) is 31.2 Å². The highest BCUT2D eigenvalue weighted by atomic mass is 16.5. The Labute approximate surface area is 88.2 Å². The molecule has 2 heterocycles. The lowest BCUT2D eigenvalue weighted by atomic mass is 9.89. The van der Waals surface area contributed by atoms with E-state index in [1.807, 2.05) is 12.2 Å². The minimum Gasteiger partial charge on any atom is -0.463 e. The third kappa shape index (κ3) is 1.96. The largest absolute Gasteiger partial charge is 0.463 e. The molecule has 3 atom stereocenters. The summed E-state index contributed by atoms with van der Waals surface area (Å²) in [4.78, 5) is 11.1. The fraction of sp³-hybridized carbons (Fsp3) is 0.545. The van der Waals surface area contributed by atoms with Crippen molar-refractivity contribution < 1.29 is 19.4 Å². The molecule has 1 saturated heterocycles. The third-order valence-electron chi connectivity index (χ3n) is 2.64. The zero-order valence-electron chi connectivity index (χ0n) is 8.55. The number of esters is 1. The van der Waals surface area contributed by atoms with Gasteiger partial charge in [0, 0.05) is 12.5 Å². The second kappa shape index (κ2) is 3.79. The van der Waals surface area contributed by atoms with Gasteiger partial charge in [-0.2, -0.15) is 0 Å². The molecule has 4 heteroatoms. The van der Waals surface area contributed by atoms with Gasteiger partial charge in [-0.15, -0.1) is 0 Å². The van der Waals surface area contributed by atoms with Crippen molar-refractivity contribution in [3.63, 3.8) is 0 Å². The molecule has 2 aliphatic heterocycles. The zero-order chi connectivity index (χ0) is 10.9. The lowest BCUT2D eigenvalue weighted by Crippen LogP contribution is -2.35. The molecule has 82 valence electrons. The summed E-state index contributed by atoms with van der Waals surface area (Å²) in [5.74, 6) is -0.433. The van der Waals surface area contributed by atoms with Gasteiger partial charge >= 0.3 is 5.97 Å². The number of rotatable bonds is 3. The first-order valence-corrected chi connectivity index (χ1v) is 5.06. The van der Waals surface area contributed by atoms with Crippen LogP contribution in [-0.4, -0.2) is 35.5 Å². The lowest BCUT2D eigenvalue weighted by Gasteiger charge is -2.22. The van der Waals surface area contributed by atoms with Crippen LogP contribution in [0.1, 0.15) is 13.3 Å². The molecule has 2 rings (SSSR count). The molecule has 0 saturated carbocycles. The van der Waals surface area contributed by atoms with Gasteiger partial charge in [0.1, 0.15) is 11.7 Å². The Morgan fingerprint density at radius 1 is 1.73 bits per heavy atom. The van der Waals surface area contributed by atoms with Gasteiger partial charge in [-0.3, -0.25) is 0 Å². The van der Waals surface area contributed by atoms with Crippen LogP contribution in [0.4, 0.5) is 0 Å². The average molecular weight is 210 g/mol. The monoisotopic (exact) mass is 210 g/mol. The summed E-state index contributed by atoms with van der Waals surface area (Å²) < 4.78 is 10.1. The van der Waals surface area contributed by atoms with Crippen LogP contribution in [0.15, 0.2) is 24.3 Å². The molecular weight excluding hydrogens is 196 g/mol. The molecule has 1 fully saturated rings. The van der Waals surface area contributed by atoms with E-state index in [4.69, 9.17) is 9.47 Å². The first-order chi connectivity index (χ1) is 7.14. The summed E-state index contributed by atoms with van der Waals surface area (Å²) in [6.07, 6.45) is 6.64. The van der Waals surface area contributed by atoms with Crippen molar-refractivity contribution in [2.24, 2.45) is 0 Å². The van der Waals surface area contributed by atoms with Crippen LogP contribution >= 0.6 is 0 Å². The van der Waals surface area contributed by atoms with E-state index in [2.05, 4.69) is 0 Å². The highest BCUT2D eigenvalue weighted by molar-refractivity contribution is 5.82. The van der Waals surface area contributed by atoms with E-state index in [-0.39, 0.29) is 12.2 Å². The third-order valence-corrected chi connectivity index (χ3v) is 2.64. The van der Waals surface area contributed by atoms with Crippen molar-refractivity contribution in [3.8, 4) is 0 Å². The van der Waals surface area contributed by atoms with Gasteiger partial charge in [-0.25, -0.2) is 4.79 Å². The number of carbonyl (C=O) groups excluding carboxylic acids is 1. The summed E-state index contributed by atoms with van der Waals surface area (Å²) in [7, 11) is 0. The van der Waals surface area contributed by atoms with Crippen LogP contribution in [-0.2, 0) is 14.3 Å². The van der Waals surface area contributed by atoms with Crippen molar-refractivity contribution >= 4 is 5.97 Å². The maximum absolute atomic E-state index is 11.1. The molecule has 0 aromatic carbocycles. The van der Waals surface area contributed by atoms with Crippen molar-refractivity contribution in [3.05, 3.63) is 24.3 Å². The van der Waals surface area contributed by atoms with Crippen LogP contribution in [0.3, 0.4) is 0 Å². The van der Waals surface area contributed by atoms with Gasteiger partial charge in [-0.05, 0) is 13.0 Å². The summed E-state index contributed by atoms with van der Waals surface area (Å²) in [5, 5.41) is 10.1. The van der Waals surface area contributed by atoms with Gasteiger partial charge in [0.25, 0.3) is 0 Å². The number of aliphatic hydroxyl groups is 1. The predicted molar refractivity (Wildman–Crippen MR) is 53.1 cm³/mol. The number of ether oxygens (including phenoxy) is 2. The molecule has 0 aromatic heterocycles. The molecule has 0 aliphatic carbocycles. The Morgan fingerprint density at radius 2 is 2.53 bits per heavy atom. The molecule has 15 heavy (non-hydrogen) atoms. The molecule has 0 spiro atoms. The van der Waals surface area contributed by atoms with E-state index in [0.29, 0.717) is 13.0 Å². The fourth-order valence-corrected chi connectivity index (χ4v) is 1.91. The maximum atomic E-state index is 11.1. The molecule has 1 N–H and O–H groups in total. The Hall–Kier alpha value is -1.13. The highest BCUT2D eigenvalue weighted by Crippen LogP contribution is 2.37. The van der Waals surface area contributed by atoms with E-state index < -0.39 is 11.6 Å². The van der Waals surface area contributed by atoms with E-state index in [0.717, 1.165) is 0 Å². The van der Waals surface area contributed by atoms with Crippen molar-refractivity contribution in [1.29, 1.82) is 0 Å². The topological polar surface area (TPSA) is 55.8 Å². The Morgan fingerprint density at radius 3 is 3.07 bits per heavy atom. The van der Waals surface area contributed by atoms with Gasteiger partial charge in [-0.1, -0.05) is 12.2 Å². The van der Waals surface area contributed by atoms with Crippen molar-refractivity contribution in [1.82, 2.24) is 0 Å². The lowest BCUT2D eigenvalue weighted by molar-refractivity contribution is -0.137. The molecule has 0 amide bonds. The molecule has 0 radical (unpaired) electrons.